The minimum absolute atomic E-state index is 0.00509. The van der Waals surface area contributed by atoms with Gasteiger partial charge in [-0.15, -0.1) is 0 Å². The topological polar surface area (TPSA) is 323 Å². The van der Waals surface area contributed by atoms with E-state index < -0.39 is 76.5 Å². The third-order valence-corrected chi connectivity index (χ3v) is 9.59. The highest BCUT2D eigenvalue weighted by atomic mass is 31.3. The fraction of sp³-hybridized carbons (Fsp3) is 0.429. The number of aromatic nitrogens is 2. The number of nitrogens with zero attached hydrogens (tertiary/aromatic N) is 2. The molecule has 1 aliphatic rings. The first-order valence-electron chi connectivity index (χ1n) is 12.4. The summed E-state index contributed by atoms with van der Waals surface area (Å²) < 4.78 is 58.0. The van der Waals surface area contributed by atoms with Gasteiger partial charge in [0.15, 0.2) is 0 Å². The number of hydrogen-bond donors (Lipinski definition) is 7. The Labute approximate surface area is 252 Å². The first-order valence-corrected chi connectivity index (χ1v) is 16.9. The van der Waals surface area contributed by atoms with Crippen LogP contribution in [0.25, 0.3) is 0 Å². The van der Waals surface area contributed by atoms with E-state index >= 15 is 0 Å². The molecule has 1 fully saturated rings. The van der Waals surface area contributed by atoms with Gasteiger partial charge in [-0.1, -0.05) is 11.8 Å². The zero-order chi connectivity index (χ0) is 33.7. The third kappa shape index (κ3) is 10.0. The Bertz CT molecular complexity index is 1740. The molecule has 2 heterocycles. The molecule has 0 bridgehead atoms. The van der Waals surface area contributed by atoms with Crippen LogP contribution in [0.5, 0.6) is 0 Å². The van der Waals surface area contributed by atoms with Crippen molar-refractivity contribution in [1.29, 1.82) is 0 Å². The molecule has 1 aromatic carbocycles. The number of aromatic amines is 1. The van der Waals surface area contributed by atoms with Gasteiger partial charge in [0.05, 0.1) is 35.3 Å². The Morgan fingerprint density at radius 3 is 2.47 bits per heavy atom. The maximum Gasteiger partial charge on any atom is 0.490 e. The predicted octanol–water partition coefficient (Wildman–Crippen LogP) is -0.127. The number of phosphoric acid groups is 3. The highest BCUT2D eigenvalue weighted by molar-refractivity contribution is 7.66. The number of ether oxygens (including phenoxy) is 2. The van der Waals surface area contributed by atoms with E-state index in [1.807, 2.05) is 4.98 Å². The number of phosphoric ester groups is 1. The lowest BCUT2D eigenvalue weighted by Gasteiger charge is -2.21. The van der Waals surface area contributed by atoms with Crippen molar-refractivity contribution in [1.82, 2.24) is 9.55 Å². The molecule has 0 amide bonds. The average molecular weight is 700 g/mol. The van der Waals surface area contributed by atoms with Crippen LogP contribution in [0, 0.1) is 22.0 Å². The Hall–Kier alpha value is -2.89. The minimum Gasteiger partial charge on any atom is -0.390 e. The molecule has 21 nitrogen and oxygen atoms in total. The smallest absolute Gasteiger partial charge is 0.390 e. The fourth-order valence-corrected chi connectivity index (χ4v) is 7.11. The van der Waals surface area contributed by atoms with Crippen LogP contribution in [-0.4, -0.2) is 71.1 Å². The van der Waals surface area contributed by atoms with Crippen LogP contribution in [-0.2, 0) is 36.3 Å². The number of nitro benzene ring substituents is 1. The molecule has 45 heavy (non-hydrogen) atoms. The van der Waals surface area contributed by atoms with E-state index in [4.69, 9.17) is 25.0 Å². The summed E-state index contributed by atoms with van der Waals surface area (Å²) in [6, 6.07) is 3.93. The molecule has 2 aromatic rings. The third-order valence-electron chi connectivity index (χ3n) is 5.79. The predicted molar refractivity (Wildman–Crippen MR) is 148 cm³/mol. The molecule has 6 atom stereocenters. The van der Waals surface area contributed by atoms with Gasteiger partial charge in [0, 0.05) is 30.9 Å². The summed E-state index contributed by atoms with van der Waals surface area (Å²) >= 11 is 0. The Morgan fingerprint density at radius 2 is 1.87 bits per heavy atom. The summed E-state index contributed by atoms with van der Waals surface area (Å²) in [6.07, 6.45) is -5.11. The number of nitrogens with two attached hydrogens (primary N) is 1. The largest absolute Gasteiger partial charge is 0.490 e. The highest BCUT2D eigenvalue weighted by Gasteiger charge is 2.43. The van der Waals surface area contributed by atoms with Gasteiger partial charge in [0.2, 0.25) is 0 Å². The number of aliphatic hydroxyl groups is 1. The minimum atomic E-state index is -5.80. The first-order chi connectivity index (χ1) is 20.9. The quantitative estimate of drug-likeness (QED) is 0.0619. The van der Waals surface area contributed by atoms with Gasteiger partial charge in [-0.2, -0.15) is 8.62 Å². The van der Waals surface area contributed by atoms with Crippen LogP contribution in [0.15, 0.2) is 34.0 Å². The lowest BCUT2D eigenvalue weighted by Crippen LogP contribution is -2.35. The van der Waals surface area contributed by atoms with Crippen molar-refractivity contribution in [3.05, 3.63) is 72.0 Å². The number of nitro groups is 1. The zero-order valence-electron chi connectivity index (χ0n) is 22.9. The Kier molecular flexibility index (Phi) is 11.9. The number of rotatable bonds is 13. The monoisotopic (exact) mass is 700 g/mol. The Morgan fingerprint density at radius 1 is 1.18 bits per heavy atom. The van der Waals surface area contributed by atoms with Crippen LogP contribution in [0.3, 0.4) is 0 Å². The molecular weight excluding hydrogens is 673 g/mol. The molecule has 1 aromatic heterocycles. The normalized spacial score (nSPS) is 21.7. The van der Waals surface area contributed by atoms with E-state index in [0.717, 1.165) is 16.8 Å². The molecule has 3 rings (SSSR count). The van der Waals surface area contributed by atoms with E-state index in [1.54, 1.807) is 6.92 Å². The standard InChI is InChI=1S/C21H27N4O17P3/c1-2-38-19(13-6-5-12(4-3-7-22)8-15(13)25(29)30)14-10-24(21(28)23-20(14)27)18-9-16(26)17(40-18)11-39-44(34,35)42-45(36,37)41-43(31,32)33/h5-6,8,10,16-19,26H,2,7,9,11,22H2,1H3,(H,34,35)(H,36,37)(H,23,27,28)(H2,31,32,33)/t16-,17+,18+,19?/m0/s1. The molecule has 3 unspecified atom stereocenters. The molecule has 0 radical (unpaired) electrons. The average Bonchev–Trinajstić information content (AvgIpc) is 3.27. The highest BCUT2D eigenvalue weighted by Crippen LogP contribution is 2.66. The second-order valence-electron chi connectivity index (χ2n) is 8.94. The van der Waals surface area contributed by atoms with Crippen LogP contribution in [0.2, 0.25) is 0 Å². The number of aliphatic hydroxyl groups excluding tert-OH is 1. The van der Waals surface area contributed by atoms with E-state index in [-0.39, 0.29) is 36.3 Å². The van der Waals surface area contributed by atoms with Crippen molar-refractivity contribution in [3.63, 3.8) is 0 Å². The number of hydrogen-bond acceptors (Lipinski definition) is 14. The second kappa shape index (κ2) is 14.7. The molecule has 8 N–H and O–H groups in total. The molecule has 0 saturated carbocycles. The molecule has 24 heteroatoms. The molecule has 1 saturated heterocycles. The van der Waals surface area contributed by atoms with E-state index in [2.05, 4.69) is 25.0 Å². The summed E-state index contributed by atoms with van der Waals surface area (Å²) in [4.78, 5) is 75.0. The summed E-state index contributed by atoms with van der Waals surface area (Å²) in [5, 5.41) is 22.3. The fourth-order valence-electron chi connectivity index (χ4n) is 4.08. The molecule has 248 valence electrons. The first kappa shape index (κ1) is 36.6. The van der Waals surface area contributed by atoms with Gasteiger partial charge < -0.3 is 39.9 Å². The second-order valence-corrected chi connectivity index (χ2v) is 13.4. The summed E-state index contributed by atoms with van der Waals surface area (Å²) in [5.74, 6) is 5.23. The van der Waals surface area contributed by atoms with Gasteiger partial charge in [-0.3, -0.25) is 29.0 Å². The van der Waals surface area contributed by atoms with Gasteiger partial charge in [0.1, 0.15) is 18.4 Å². The summed E-state index contributed by atoms with van der Waals surface area (Å²) in [5.41, 5.74) is 2.84. The van der Waals surface area contributed by atoms with Gasteiger partial charge in [0.25, 0.3) is 11.2 Å². The van der Waals surface area contributed by atoms with Crippen LogP contribution >= 0.6 is 23.5 Å². The van der Waals surface area contributed by atoms with Crippen molar-refractivity contribution < 1.29 is 65.9 Å². The van der Waals surface area contributed by atoms with E-state index in [1.165, 1.54) is 12.1 Å². The maximum absolute atomic E-state index is 12.9. The number of nitrogens with one attached hydrogen (secondary N) is 1. The lowest BCUT2D eigenvalue weighted by atomic mass is 9.99. The van der Waals surface area contributed by atoms with Crippen molar-refractivity contribution >= 4 is 29.2 Å². The number of benzene rings is 1. The van der Waals surface area contributed by atoms with Gasteiger partial charge in [-0.25, -0.2) is 18.5 Å². The molecular formula is C21H27N4O17P3. The maximum atomic E-state index is 12.9. The van der Waals surface area contributed by atoms with Crippen LogP contribution in [0.1, 0.15) is 42.4 Å². The SMILES string of the molecule is CCOC(c1ccc(C#CCN)cc1[N+](=O)[O-])c1cn([C@H]2C[C@H](O)[C@@H](COP(=O)(O)OP(=O)(O)OP(=O)(O)O)O2)c(=O)[nH]c1=O. The van der Waals surface area contributed by atoms with Crippen molar-refractivity contribution in [3.8, 4) is 11.8 Å². The van der Waals surface area contributed by atoms with Crippen LogP contribution < -0.4 is 17.0 Å². The van der Waals surface area contributed by atoms with E-state index in [0.29, 0.717) is 0 Å². The molecule has 0 aliphatic carbocycles. The molecule has 0 spiro atoms. The summed E-state index contributed by atoms with van der Waals surface area (Å²) in [7, 11) is -17.0. The van der Waals surface area contributed by atoms with Crippen molar-refractivity contribution in [2.75, 3.05) is 19.8 Å². The Balaban J connectivity index is 1.89. The van der Waals surface area contributed by atoms with Crippen molar-refractivity contribution in [2.24, 2.45) is 5.73 Å². The zero-order valence-corrected chi connectivity index (χ0v) is 25.6. The number of H-pyrrole nitrogens is 1. The molecule has 1 aliphatic heterocycles. The van der Waals surface area contributed by atoms with Gasteiger partial charge in [-0.05, 0) is 19.1 Å². The van der Waals surface area contributed by atoms with Crippen molar-refractivity contribution in [2.45, 2.75) is 37.9 Å². The lowest BCUT2D eigenvalue weighted by molar-refractivity contribution is -0.386. The summed E-state index contributed by atoms with van der Waals surface area (Å²) in [6.45, 7) is 0.518. The van der Waals surface area contributed by atoms with E-state index in [9.17, 15) is 48.3 Å². The van der Waals surface area contributed by atoms with Crippen LogP contribution in [0.4, 0.5) is 5.69 Å². The van der Waals surface area contributed by atoms with Gasteiger partial charge >= 0.3 is 29.2 Å².